The summed E-state index contributed by atoms with van der Waals surface area (Å²) in [5.41, 5.74) is 2.42. The first-order valence-electron chi connectivity index (χ1n) is 8.97. The van der Waals surface area contributed by atoms with E-state index in [0.29, 0.717) is 12.3 Å². The highest BCUT2D eigenvalue weighted by atomic mass is 16.5. The fourth-order valence-electron chi connectivity index (χ4n) is 3.19. The molecular weight excluding hydrogens is 338 g/mol. The summed E-state index contributed by atoms with van der Waals surface area (Å²) in [5, 5.41) is 16.0. The largest absolute Gasteiger partial charge is 0.508 e. The van der Waals surface area contributed by atoms with E-state index in [0.717, 1.165) is 21.9 Å². The average molecular weight is 361 g/mol. The van der Waals surface area contributed by atoms with Crippen LogP contribution in [-0.2, 0) is 9.53 Å². The summed E-state index contributed by atoms with van der Waals surface area (Å²) in [4.78, 5) is 11.8. The van der Waals surface area contributed by atoms with Crippen LogP contribution in [0.2, 0.25) is 0 Å². The number of carbonyl (C=O) groups excluding carboxylic acids is 1. The summed E-state index contributed by atoms with van der Waals surface area (Å²) < 4.78 is 4.99. The minimum atomic E-state index is -0.392. The number of phenols is 1. The Morgan fingerprint density at radius 1 is 1.07 bits per heavy atom. The smallest absolute Gasteiger partial charge is 0.332 e. The average Bonchev–Trinajstić information content (AvgIpc) is 2.67. The molecule has 27 heavy (non-hydrogen) atoms. The predicted molar refractivity (Wildman–Crippen MR) is 107 cm³/mol. The molecule has 3 aromatic rings. The number of fused-ring (bicyclic) bond motifs is 1. The molecule has 0 aromatic heterocycles. The fraction of sp³-hybridized carbons (Fsp3) is 0.174. The van der Waals surface area contributed by atoms with Crippen molar-refractivity contribution in [3.8, 4) is 5.75 Å². The van der Waals surface area contributed by atoms with Crippen LogP contribution in [0, 0.1) is 0 Å². The fourth-order valence-corrected chi connectivity index (χ4v) is 3.19. The lowest BCUT2D eigenvalue weighted by atomic mass is 9.92. The van der Waals surface area contributed by atoms with Crippen LogP contribution in [0.4, 0.5) is 0 Å². The molecule has 0 radical (unpaired) electrons. The number of ether oxygens (including phenoxy) is 1. The molecule has 0 aliphatic heterocycles. The van der Waals surface area contributed by atoms with Crippen molar-refractivity contribution in [1.82, 2.24) is 5.32 Å². The van der Waals surface area contributed by atoms with Crippen molar-refractivity contribution in [3.05, 3.63) is 89.6 Å². The third-order valence-corrected chi connectivity index (χ3v) is 4.36. The van der Waals surface area contributed by atoms with E-state index >= 15 is 0 Å². The summed E-state index contributed by atoms with van der Waals surface area (Å²) in [7, 11) is 0. The van der Waals surface area contributed by atoms with Gasteiger partial charge in [0.2, 0.25) is 0 Å². The maximum Gasteiger partial charge on any atom is 0.332 e. The maximum absolute atomic E-state index is 11.8. The molecule has 3 aromatic carbocycles. The van der Waals surface area contributed by atoms with E-state index in [2.05, 4.69) is 5.32 Å². The molecule has 0 saturated heterocycles. The topological polar surface area (TPSA) is 58.6 Å². The molecule has 2 N–H and O–H groups in total. The highest BCUT2D eigenvalue weighted by molar-refractivity contribution is 5.88. The van der Waals surface area contributed by atoms with Crippen molar-refractivity contribution in [2.24, 2.45) is 0 Å². The lowest BCUT2D eigenvalue weighted by Crippen LogP contribution is -2.22. The Bertz CT molecular complexity index is 964. The quantitative estimate of drug-likeness (QED) is 0.494. The van der Waals surface area contributed by atoms with Gasteiger partial charge in [-0.1, -0.05) is 60.7 Å². The Morgan fingerprint density at radius 2 is 1.78 bits per heavy atom. The summed E-state index contributed by atoms with van der Waals surface area (Å²) in [5.74, 6) is -0.185. The zero-order chi connectivity index (χ0) is 19.2. The second-order valence-electron chi connectivity index (χ2n) is 6.29. The Hall–Kier alpha value is -3.27. The number of rotatable bonds is 6. The number of aromatic hydroxyl groups is 1. The van der Waals surface area contributed by atoms with Gasteiger partial charge in [-0.3, -0.25) is 0 Å². The van der Waals surface area contributed by atoms with Crippen LogP contribution < -0.4 is 5.32 Å². The second-order valence-corrected chi connectivity index (χ2v) is 6.29. The van der Waals surface area contributed by atoms with Crippen molar-refractivity contribution in [3.63, 3.8) is 0 Å². The minimum Gasteiger partial charge on any atom is -0.508 e. The summed E-state index contributed by atoms with van der Waals surface area (Å²) in [6, 6.07) is 21.1. The molecule has 0 aliphatic rings. The van der Waals surface area contributed by atoms with Crippen LogP contribution in [0.15, 0.2) is 78.5 Å². The molecule has 0 fully saturated rings. The number of hydrogen-bond donors (Lipinski definition) is 2. The van der Waals surface area contributed by atoms with E-state index in [-0.39, 0.29) is 11.8 Å². The molecule has 3 rings (SSSR count). The molecule has 0 amide bonds. The molecule has 4 nitrogen and oxygen atoms in total. The lowest BCUT2D eigenvalue weighted by Gasteiger charge is -2.24. The van der Waals surface area contributed by atoms with E-state index in [1.165, 1.54) is 6.08 Å². The highest BCUT2D eigenvalue weighted by Crippen LogP contribution is 2.36. The van der Waals surface area contributed by atoms with Crippen molar-refractivity contribution < 1.29 is 14.6 Å². The van der Waals surface area contributed by atoms with Crippen LogP contribution in [0.25, 0.3) is 10.8 Å². The number of benzene rings is 3. The van der Waals surface area contributed by atoms with E-state index < -0.39 is 5.97 Å². The SMILES string of the molecule is CCOC(=O)/C=C(/C)N[C@@H](c1ccccc1)c1c(O)ccc2ccccc12. The van der Waals surface area contributed by atoms with Gasteiger partial charge < -0.3 is 15.2 Å². The Balaban J connectivity index is 2.10. The highest BCUT2D eigenvalue weighted by Gasteiger charge is 2.20. The van der Waals surface area contributed by atoms with Gasteiger partial charge in [-0.15, -0.1) is 0 Å². The zero-order valence-electron chi connectivity index (χ0n) is 15.5. The molecule has 138 valence electrons. The third-order valence-electron chi connectivity index (χ3n) is 4.36. The summed E-state index contributed by atoms with van der Waals surface area (Å²) >= 11 is 0. The molecule has 0 spiro atoms. The van der Waals surface area contributed by atoms with Gasteiger partial charge in [-0.25, -0.2) is 4.79 Å². The Labute approximate surface area is 159 Å². The van der Waals surface area contributed by atoms with E-state index in [9.17, 15) is 9.90 Å². The summed E-state index contributed by atoms with van der Waals surface area (Å²) in [6.07, 6.45) is 1.43. The van der Waals surface area contributed by atoms with Crippen molar-refractivity contribution in [2.75, 3.05) is 6.61 Å². The van der Waals surface area contributed by atoms with Crippen LogP contribution in [0.5, 0.6) is 5.75 Å². The first-order valence-corrected chi connectivity index (χ1v) is 8.97. The first kappa shape index (κ1) is 18.5. The molecule has 0 saturated carbocycles. The lowest BCUT2D eigenvalue weighted by molar-refractivity contribution is -0.137. The number of phenolic OH excluding ortho intramolecular Hbond substituents is 1. The van der Waals surface area contributed by atoms with Gasteiger partial charge >= 0.3 is 5.97 Å². The van der Waals surface area contributed by atoms with Crippen LogP contribution in [0.1, 0.15) is 31.0 Å². The zero-order valence-corrected chi connectivity index (χ0v) is 15.5. The number of nitrogens with one attached hydrogen (secondary N) is 1. The molecule has 1 atom stereocenters. The van der Waals surface area contributed by atoms with Crippen molar-refractivity contribution in [1.29, 1.82) is 0 Å². The van der Waals surface area contributed by atoms with Crippen molar-refractivity contribution in [2.45, 2.75) is 19.9 Å². The second kappa shape index (κ2) is 8.41. The molecule has 0 aliphatic carbocycles. The van der Waals surface area contributed by atoms with Gasteiger partial charge in [-0.2, -0.15) is 0 Å². The predicted octanol–water partition coefficient (Wildman–Crippen LogP) is 4.69. The number of carbonyl (C=O) groups is 1. The first-order chi connectivity index (χ1) is 13.1. The molecule has 0 bridgehead atoms. The van der Waals surface area contributed by atoms with E-state index in [4.69, 9.17) is 4.74 Å². The number of hydrogen-bond acceptors (Lipinski definition) is 4. The standard InChI is InChI=1S/C23H23NO3/c1-3-27-21(26)15-16(2)24-23(18-10-5-4-6-11-18)22-19-12-8-7-9-17(19)13-14-20(22)25/h4-15,23-25H,3H2,1-2H3/b16-15-/t23-/m0/s1. The molecule has 0 unspecified atom stereocenters. The van der Waals surface area contributed by atoms with Crippen LogP contribution in [0.3, 0.4) is 0 Å². The maximum atomic E-state index is 11.8. The monoisotopic (exact) mass is 361 g/mol. The third kappa shape index (κ3) is 4.29. The summed E-state index contributed by atoms with van der Waals surface area (Å²) in [6.45, 7) is 3.92. The van der Waals surface area contributed by atoms with Gasteiger partial charge in [0.05, 0.1) is 12.6 Å². The molecule has 4 heteroatoms. The van der Waals surface area contributed by atoms with E-state index in [1.54, 1.807) is 13.0 Å². The molecular formula is C23H23NO3. The van der Waals surface area contributed by atoms with Gasteiger partial charge in [0, 0.05) is 17.3 Å². The van der Waals surface area contributed by atoms with Gasteiger partial charge in [0.25, 0.3) is 0 Å². The van der Waals surface area contributed by atoms with Crippen molar-refractivity contribution >= 4 is 16.7 Å². The number of allylic oxidation sites excluding steroid dienone is 1. The van der Waals surface area contributed by atoms with Gasteiger partial charge in [0.15, 0.2) is 0 Å². The molecule has 0 heterocycles. The Morgan fingerprint density at radius 3 is 2.52 bits per heavy atom. The van der Waals surface area contributed by atoms with E-state index in [1.807, 2.05) is 67.6 Å². The minimum absolute atomic E-state index is 0.207. The van der Waals surface area contributed by atoms with Crippen LogP contribution >= 0.6 is 0 Å². The Kier molecular flexibility index (Phi) is 5.77. The normalized spacial score (nSPS) is 12.6. The van der Waals surface area contributed by atoms with Gasteiger partial charge in [-0.05, 0) is 36.2 Å². The van der Waals surface area contributed by atoms with Crippen LogP contribution in [-0.4, -0.2) is 17.7 Å². The van der Waals surface area contributed by atoms with Gasteiger partial charge in [0.1, 0.15) is 5.75 Å². The number of esters is 1.